The van der Waals surface area contributed by atoms with E-state index in [1.54, 1.807) is 54.6 Å². The fourth-order valence-electron chi connectivity index (χ4n) is 2.97. The zero-order valence-electron chi connectivity index (χ0n) is 16.4. The molecular formula is C22H15BrN4O5. The highest BCUT2D eigenvalue weighted by Crippen LogP contribution is 2.26. The van der Waals surface area contributed by atoms with Gasteiger partial charge in [0.15, 0.2) is 0 Å². The van der Waals surface area contributed by atoms with E-state index in [-0.39, 0.29) is 12.3 Å². The van der Waals surface area contributed by atoms with E-state index in [4.69, 9.17) is 4.74 Å². The summed E-state index contributed by atoms with van der Waals surface area (Å²) >= 11 is 3.43. The topological polar surface area (TPSA) is 120 Å². The van der Waals surface area contributed by atoms with Crippen LogP contribution in [0.15, 0.2) is 85.9 Å². The molecule has 160 valence electrons. The van der Waals surface area contributed by atoms with Crippen LogP contribution in [0.2, 0.25) is 0 Å². The Morgan fingerprint density at radius 1 is 1.09 bits per heavy atom. The number of benzene rings is 3. The lowest BCUT2D eigenvalue weighted by Gasteiger charge is -2.09. The molecule has 0 radical (unpaired) electrons. The van der Waals surface area contributed by atoms with Gasteiger partial charge in [0.2, 0.25) is 0 Å². The van der Waals surface area contributed by atoms with Crippen molar-refractivity contribution in [2.75, 3.05) is 0 Å². The van der Waals surface area contributed by atoms with Crippen molar-refractivity contribution in [2.45, 2.75) is 6.61 Å². The van der Waals surface area contributed by atoms with Gasteiger partial charge in [-0.3, -0.25) is 14.9 Å². The second kappa shape index (κ2) is 8.98. The molecule has 3 aromatic carbocycles. The van der Waals surface area contributed by atoms with Crippen LogP contribution in [0.3, 0.4) is 0 Å². The Morgan fingerprint density at radius 2 is 1.84 bits per heavy atom. The lowest BCUT2D eigenvalue weighted by molar-refractivity contribution is -0.384. The van der Waals surface area contributed by atoms with Gasteiger partial charge in [-0.05, 0) is 69.5 Å². The molecule has 0 unspecified atom stereocenters. The second-order valence-corrected chi connectivity index (χ2v) is 7.59. The first-order chi connectivity index (χ1) is 15.4. The van der Waals surface area contributed by atoms with Gasteiger partial charge in [-0.15, -0.1) is 4.68 Å². The maximum Gasteiger partial charge on any atom is 0.349 e. The minimum absolute atomic E-state index is 0.0166. The summed E-state index contributed by atoms with van der Waals surface area (Å²) in [6, 6.07) is 18.0. The van der Waals surface area contributed by atoms with Gasteiger partial charge >= 0.3 is 5.69 Å². The maximum absolute atomic E-state index is 12.5. The number of hydrogen-bond acceptors (Lipinski definition) is 6. The molecule has 32 heavy (non-hydrogen) atoms. The van der Waals surface area contributed by atoms with Crippen molar-refractivity contribution in [2.24, 2.45) is 5.10 Å². The van der Waals surface area contributed by atoms with Crippen molar-refractivity contribution in [1.29, 1.82) is 0 Å². The van der Waals surface area contributed by atoms with Gasteiger partial charge in [0, 0.05) is 12.1 Å². The van der Waals surface area contributed by atoms with Crippen LogP contribution < -0.4 is 16.0 Å². The molecule has 4 aromatic rings. The molecule has 0 saturated carbocycles. The molecule has 0 aliphatic carbocycles. The minimum atomic E-state index is -0.632. The molecule has 1 heterocycles. The number of fused-ring (bicyclic) bond motifs is 1. The molecule has 0 aliphatic heterocycles. The summed E-state index contributed by atoms with van der Waals surface area (Å²) < 4.78 is 7.17. The third kappa shape index (κ3) is 4.49. The van der Waals surface area contributed by atoms with Gasteiger partial charge in [0.1, 0.15) is 12.4 Å². The first kappa shape index (κ1) is 21.2. The average Bonchev–Trinajstić information content (AvgIpc) is 2.78. The number of nitrogens with zero attached hydrogens (tertiary/aromatic N) is 3. The van der Waals surface area contributed by atoms with E-state index in [1.807, 2.05) is 0 Å². The molecule has 0 spiro atoms. The number of nitro benzene ring substituents is 1. The van der Waals surface area contributed by atoms with Crippen LogP contribution in [0, 0.1) is 10.1 Å². The normalized spacial score (nSPS) is 11.2. The van der Waals surface area contributed by atoms with Gasteiger partial charge in [-0.2, -0.15) is 5.10 Å². The van der Waals surface area contributed by atoms with Gasteiger partial charge in [0.05, 0.1) is 26.5 Å². The number of para-hydroxylation sites is 1. The van der Waals surface area contributed by atoms with Crippen molar-refractivity contribution < 1.29 is 9.66 Å². The SMILES string of the molecule is O=c1[nH]c2ccccc2c(=O)n1N=Cc1ccc(OCc2ccc([N+](=O)[O-])cc2)c(Br)c1. The maximum atomic E-state index is 12.5. The third-order valence-corrected chi connectivity index (χ3v) is 5.22. The highest BCUT2D eigenvalue weighted by Gasteiger charge is 2.08. The van der Waals surface area contributed by atoms with Crippen molar-refractivity contribution >= 4 is 38.7 Å². The predicted molar refractivity (Wildman–Crippen MR) is 123 cm³/mol. The predicted octanol–water partition coefficient (Wildman–Crippen LogP) is 3.82. The summed E-state index contributed by atoms with van der Waals surface area (Å²) in [6.45, 7) is 0.228. The molecule has 0 amide bonds. The van der Waals surface area contributed by atoms with Crippen LogP contribution in [0.1, 0.15) is 11.1 Å². The smallest absolute Gasteiger partial charge is 0.349 e. The Bertz CT molecular complexity index is 1460. The number of nitrogens with one attached hydrogen (secondary N) is 1. The van der Waals surface area contributed by atoms with E-state index in [0.29, 0.717) is 26.7 Å². The van der Waals surface area contributed by atoms with Gasteiger partial charge in [0.25, 0.3) is 11.2 Å². The van der Waals surface area contributed by atoms with E-state index in [9.17, 15) is 19.7 Å². The summed E-state index contributed by atoms with van der Waals surface area (Å²) in [5, 5.41) is 15.1. The molecular weight excluding hydrogens is 480 g/mol. The minimum Gasteiger partial charge on any atom is -0.488 e. The molecule has 9 nitrogen and oxygen atoms in total. The highest BCUT2D eigenvalue weighted by atomic mass is 79.9. The number of aromatic nitrogens is 2. The fourth-order valence-corrected chi connectivity index (χ4v) is 3.48. The average molecular weight is 495 g/mol. The van der Waals surface area contributed by atoms with E-state index < -0.39 is 16.2 Å². The molecule has 0 bridgehead atoms. The van der Waals surface area contributed by atoms with Crippen molar-refractivity contribution in [3.8, 4) is 5.75 Å². The quantitative estimate of drug-likeness (QED) is 0.248. The standard InChI is InChI=1S/C22H15BrN4O5/c23-18-11-15(7-10-20(18)32-13-14-5-8-16(9-6-14)27(30)31)12-24-26-21(28)17-3-1-2-4-19(17)25-22(26)29/h1-12H,13H2,(H,25,29). The summed E-state index contributed by atoms with van der Waals surface area (Å²) in [7, 11) is 0. The van der Waals surface area contributed by atoms with Crippen molar-refractivity contribution in [3.05, 3.63) is 113 Å². The van der Waals surface area contributed by atoms with Crippen LogP contribution in [0.4, 0.5) is 5.69 Å². The molecule has 0 aliphatic rings. The summed E-state index contributed by atoms with van der Waals surface area (Å²) in [6.07, 6.45) is 1.40. The second-order valence-electron chi connectivity index (χ2n) is 6.74. The van der Waals surface area contributed by atoms with Crippen molar-refractivity contribution in [3.63, 3.8) is 0 Å². The first-order valence-electron chi connectivity index (χ1n) is 9.36. The fraction of sp³-hybridized carbons (Fsp3) is 0.0455. The number of rotatable bonds is 6. The molecule has 0 saturated heterocycles. The van der Waals surface area contributed by atoms with Crippen molar-refractivity contribution in [1.82, 2.24) is 9.66 Å². The van der Waals surface area contributed by atoms with Gasteiger partial charge in [-0.25, -0.2) is 4.79 Å². The van der Waals surface area contributed by atoms with E-state index in [1.165, 1.54) is 18.3 Å². The van der Waals surface area contributed by atoms with Crippen LogP contribution in [-0.2, 0) is 6.61 Å². The lowest BCUT2D eigenvalue weighted by atomic mass is 10.2. The number of hydrogen-bond donors (Lipinski definition) is 1. The van der Waals surface area contributed by atoms with E-state index in [2.05, 4.69) is 26.0 Å². The zero-order chi connectivity index (χ0) is 22.7. The Kier molecular flexibility index (Phi) is 5.95. The van der Waals surface area contributed by atoms with Crippen LogP contribution in [-0.4, -0.2) is 20.8 Å². The summed E-state index contributed by atoms with van der Waals surface area (Å²) in [5.41, 5.74) is 0.742. The van der Waals surface area contributed by atoms with Crippen LogP contribution in [0.25, 0.3) is 10.9 Å². The van der Waals surface area contributed by atoms with E-state index >= 15 is 0 Å². The monoisotopic (exact) mass is 494 g/mol. The van der Waals surface area contributed by atoms with E-state index in [0.717, 1.165) is 10.2 Å². The van der Waals surface area contributed by atoms with Crippen LogP contribution in [0.5, 0.6) is 5.75 Å². The number of aromatic amines is 1. The molecule has 1 N–H and O–H groups in total. The Labute approximate surface area is 188 Å². The molecule has 10 heteroatoms. The zero-order valence-corrected chi connectivity index (χ0v) is 18.0. The highest BCUT2D eigenvalue weighted by molar-refractivity contribution is 9.10. The van der Waals surface area contributed by atoms with Crippen LogP contribution >= 0.6 is 15.9 Å². The van der Waals surface area contributed by atoms with Gasteiger partial charge < -0.3 is 9.72 Å². The number of nitro groups is 1. The largest absolute Gasteiger partial charge is 0.488 e. The number of ether oxygens (including phenoxy) is 1. The lowest BCUT2D eigenvalue weighted by Crippen LogP contribution is -2.32. The Morgan fingerprint density at radius 3 is 2.56 bits per heavy atom. The van der Waals surface area contributed by atoms with Gasteiger partial charge in [-0.1, -0.05) is 12.1 Å². The number of non-ortho nitro benzene ring substituents is 1. The Hall–Kier alpha value is -4.05. The molecule has 1 aromatic heterocycles. The summed E-state index contributed by atoms with van der Waals surface area (Å²) in [4.78, 5) is 37.6. The first-order valence-corrected chi connectivity index (χ1v) is 10.2. The summed E-state index contributed by atoms with van der Waals surface area (Å²) in [5.74, 6) is 0.557. The molecule has 4 rings (SSSR count). The number of H-pyrrole nitrogens is 1. The molecule has 0 atom stereocenters. The molecule has 0 fully saturated rings. The number of halogens is 1. The Balaban J connectivity index is 1.51. The third-order valence-electron chi connectivity index (χ3n) is 4.60.